The van der Waals surface area contributed by atoms with Gasteiger partial charge in [0.25, 0.3) is 0 Å². The quantitative estimate of drug-likeness (QED) is 0.589. The minimum Gasteiger partial charge on any atom is -0.0734 e. The third kappa shape index (κ3) is 3.93. The maximum atomic E-state index is 2.27. The van der Waals surface area contributed by atoms with E-state index in [9.17, 15) is 0 Å². The van der Waals surface area contributed by atoms with Gasteiger partial charge < -0.3 is 0 Å². The van der Waals surface area contributed by atoms with E-state index in [-0.39, 0.29) is 21.7 Å². The van der Waals surface area contributed by atoms with Crippen LogP contribution < -0.4 is 0 Å². The minimum absolute atomic E-state index is 0. The first kappa shape index (κ1) is 11.2. The van der Waals surface area contributed by atoms with Crippen molar-refractivity contribution < 1.29 is 21.7 Å². The molecule has 0 aromatic heterocycles. The van der Waals surface area contributed by atoms with Gasteiger partial charge in [0.15, 0.2) is 0 Å². The number of hydrogen-bond acceptors (Lipinski definition) is 0. The molecule has 1 rings (SSSR count). The molecular formula is C10H15Ti. The summed E-state index contributed by atoms with van der Waals surface area (Å²) in [6, 6.07) is 0. The molecule has 0 saturated heterocycles. The summed E-state index contributed by atoms with van der Waals surface area (Å²) in [5.41, 5.74) is 1.50. The van der Waals surface area contributed by atoms with E-state index in [4.69, 9.17) is 0 Å². The van der Waals surface area contributed by atoms with Gasteiger partial charge in [0, 0.05) is 27.6 Å². The number of allylic oxidation sites excluding steroid dienone is 4. The van der Waals surface area contributed by atoms with Crippen molar-refractivity contribution in [3.8, 4) is 0 Å². The van der Waals surface area contributed by atoms with Crippen LogP contribution in [0.15, 0.2) is 23.8 Å². The van der Waals surface area contributed by atoms with E-state index < -0.39 is 0 Å². The van der Waals surface area contributed by atoms with E-state index in [0.717, 1.165) is 0 Å². The van der Waals surface area contributed by atoms with Gasteiger partial charge >= 0.3 is 0 Å². The fraction of sp³-hybridized carbons (Fsp3) is 0.500. The van der Waals surface area contributed by atoms with E-state index in [2.05, 4.69) is 32.1 Å². The summed E-state index contributed by atoms with van der Waals surface area (Å²) >= 11 is 0. The Labute approximate surface area is 84.6 Å². The molecule has 0 heterocycles. The van der Waals surface area contributed by atoms with Crippen molar-refractivity contribution in [3.05, 3.63) is 29.7 Å². The van der Waals surface area contributed by atoms with Crippen LogP contribution in [0.1, 0.15) is 33.1 Å². The second kappa shape index (κ2) is 5.80. The second-order valence-electron chi connectivity index (χ2n) is 2.90. The summed E-state index contributed by atoms with van der Waals surface area (Å²) in [5.74, 6) is 1.39. The summed E-state index contributed by atoms with van der Waals surface area (Å²) < 4.78 is 0. The second-order valence-corrected chi connectivity index (χ2v) is 2.90. The normalized spacial score (nSPS) is 16.4. The van der Waals surface area contributed by atoms with Crippen molar-refractivity contribution >= 4 is 0 Å². The maximum Gasteiger partial charge on any atom is 0.0165 e. The van der Waals surface area contributed by atoms with Crippen LogP contribution in [-0.4, -0.2) is 0 Å². The van der Waals surface area contributed by atoms with E-state index in [1.807, 2.05) is 0 Å². The third-order valence-corrected chi connectivity index (χ3v) is 1.79. The van der Waals surface area contributed by atoms with Crippen molar-refractivity contribution in [2.75, 3.05) is 0 Å². The molecule has 0 aliphatic heterocycles. The first-order chi connectivity index (χ1) is 4.83. The largest absolute Gasteiger partial charge is 0.0734 e. The van der Waals surface area contributed by atoms with Gasteiger partial charge in [-0.2, -0.15) is 0 Å². The smallest absolute Gasteiger partial charge is 0.0165 e. The van der Waals surface area contributed by atoms with E-state index in [1.54, 1.807) is 0 Å². The zero-order valence-corrected chi connectivity index (χ0v) is 8.91. The van der Waals surface area contributed by atoms with Gasteiger partial charge in [-0.1, -0.05) is 44.1 Å². The number of unbranched alkanes of at least 4 members (excludes halogenated alkanes) is 1. The summed E-state index contributed by atoms with van der Waals surface area (Å²) in [4.78, 5) is 0. The fourth-order valence-corrected chi connectivity index (χ4v) is 1.16. The molecule has 1 heteroatoms. The molecule has 1 aliphatic carbocycles. The summed E-state index contributed by atoms with van der Waals surface area (Å²) in [5, 5.41) is 0. The topological polar surface area (TPSA) is 0 Å². The Bertz CT molecular complexity index is 156. The molecule has 0 N–H and O–H groups in total. The third-order valence-electron chi connectivity index (χ3n) is 1.79. The SMILES string of the molecule is CCCCC1=C[C](C)C=C1.[Ti]. The Hall–Kier alpha value is 0.194. The van der Waals surface area contributed by atoms with Gasteiger partial charge in [0.1, 0.15) is 0 Å². The molecule has 0 spiro atoms. The standard InChI is InChI=1S/C10H15.Ti/c1-3-4-5-10-7-6-9(2)8-10;/h6-8H,3-5H2,1-2H3;. The van der Waals surface area contributed by atoms with E-state index in [1.165, 1.54) is 30.8 Å². The van der Waals surface area contributed by atoms with Gasteiger partial charge in [-0.3, -0.25) is 0 Å². The maximum absolute atomic E-state index is 2.27. The molecule has 0 amide bonds. The monoisotopic (exact) mass is 183 g/mol. The van der Waals surface area contributed by atoms with Crippen LogP contribution in [0.3, 0.4) is 0 Å². The molecule has 11 heavy (non-hydrogen) atoms. The zero-order valence-electron chi connectivity index (χ0n) is 7.35. The summed E-state index contributed by atoms with van der Waals surface area (Å²) in [6.07, 6.45) is 10.6. The Morgan fingerprint density at radius 3 is 2.45 bits per heavy atom. The average molecular weight is 183 g/mol. The molecule has 0 saturated carbocycles. The van der Waals surface area contributed by atoms with Crippen LogP contribution >= 0.6 is 0 Å². The van der Waals surface area contributed by atoms with Gasteiger partial charge in [0.05, 0.1) is 0 Å². The summed E-state index contributed by atoms with van der Waals surface area (Å²) in [7, 11) is 0. The van der Waals surface area contributed by atoms with Crippen molar-refractivity contribution in [1.29, 1.82) is 0 Å². The van der Waals surface area contributed by atoms with Gasteiger partial charge in [-0.25, -0.2) is 0 Å². The van der Waals surface area contributed by atoms with Crippen molar-refractivity contribution in [1.82, 2.24) is 0 Å². The molecule has 0 aromatic rings. The summed E-state index contributed by atoms with van der Waals surface area (Å²) in [6.45, 7) is 4.38. The van der Waals surface area contributed by atoms with Gasteiger partial charge in [-0.05, 0) is 12.8 Å². The molecule has 0 atom stereocenters. The molecule has 59 valence electrons. The minimum atomic E-state index is 0. The van der Waals surface area contributed by atoms with Crippen LogP contribution in [0.5, 0.6) is 0 Å². The Balaban J connectivity index is 0.000001000. The predicted molar refractivity (Wildman–Crippen MR) is 45.7 cm³/mol. The van der Waals surface area contributed by atoms with Gasteiger partial charge in [-0.15, -0.1) is 0 Å². The van der Waals surface area contributed by atoms with Crippen LogP contribution in [0.25, 0.3) is 0 Å². The molecule has 0 bridgehead atoms. The predicted octanol–water partition coefficient (Wildman–Crippen LogP) is 3.26. The molecule has 0 fully saturated rings. The van der Waals surface area contributed by atoms with Crippen LogP contribution in [0.2, 0.25) is 0 Å². The fourth-order valence-electron chi connectivity index (χ4n) is 1.16. The van der Waals surface area contributed by atoms with Crippen molar-refractivity contribution in [3.63, 3.8) is 0 Å². The molecule has 0 nitrogen and oxygen atoms in total. The van der Waals surface area contributed by atoms with Crippen molar-refractivity contribution in [2.45, 2.75) is 33.1 Å². The Kier molecular flexibility index (Phi) is 5.90. The molecule has 1 radical (unpaired) electrons. The number of hydrogen-bond donors (Lipinski definition) is 0. The first-order valence-corrected chi connectivity index (χ1v) is 4.05. The first-order valence-electron chi connectivity index (χ1n) is 4.05. The van der Waals surface area contributed by atoms with Crippen molar-refractivity contribution in [2.24, 2.45) is 0 Å². The molecular weight excluding hydrogens is 168 g/mol. The van der Waals surface area contributed by atoms with Gasteiger partial charge in [0.2, 0.25) is 0 Å². The Morgan fingerprint density at radius 1 is 1.27 bits per heavy atom. The van der Waals surface area contributed by atoms with E-state index in [0.29, 0.717) is 0 Å². The zero-order chi connectivity index (χ0) is 7.40. The van der Waals surface area contributed by atoms with Crippen LogP contribution in [0.4, 0.5) is 0 Å². The Morgan fingerprint density at radius 2 is 2.00 bits per heavy atom. The molecule has 1 aliphatic rings. The van der Waals surface area contributed by atoms with Crippen LogP contribution in [0, 0.1) is 5.92 Å². The molecule has 0 unspecified atom stereocenters. The van der Waals surface area contributed by atoms with Crippen LogP contribution in [-0.2, 0) is 21.7 Å². The number of rotatable bonds is 3. The average Bonchev–Trinajstić information content (AvgIpc) is 2.31. The molecule has 0 aromatic carbocycles. The van der Waals surface area contributed by atoms with E-state index >= 15 is 0 Å².